The number of hydrogen-bond donors (Lipinski definition) is 3. The van der Waals surface area contributed by atoms with E-state index in [1.54, 1.807) is 6.92 Å². The summed E-state index contributed by atoms with van der Waals surface area (Å²) >= 11 is 0. The highest BCUT2D eigenvalue weighted by Crippen LogP contribution is 2.38. The van der Waals surface area contributed by atoms with Gasteiger partial charge in [-0.3, -0.25) is 0 Å². The predicted molar refractivity (Wildman–Crippen MR) is 77.9 cm³/mol. The van der Waals surface area contributed by atoms with E-state index in [-0.39, 0.29) is 23.1 Å². The Kier molecular flexibility index (Phi) is 5.79. The monoisotopic (exact) mass is 335 g/mol. The molecule has 0 saturated heterocycles. The molecule has 0 radical (unpaired) electrons. The molecular weight excluding hydrogens is 318 g/mol. The van der Waals surface area contributed by atoms with E-state index in [0.717, 1.165) is 6.07 Å². The largest absolute Gasteiger partial charge is 0.492 e. The molecule has 0 saturated carbocycles. The second-order valence-electron chi connectivity index (χ2n) is 4.36. The highest BCUT2D eigenvalue weighted by molar-refractivity contribution is 5.94. The number of aliphatic hydroxyl groups is 2. The van der Waals surface area contributed by atoms with Crippen molar-refractivity contribution in [2.75, 3.05) is 5.73 Å². The zero-order chi connectivity index (χ0) is 17.9. The molecule has 0 aliphatic heterocycles. The number of rotatable bonds is 3. The Hall–Kier alpha value is -2.06. The molecule has 0 amide bonds. The first kappa shape index (κ1) is 19.0. The van der Waals surface area contributed by atoms with Gasteiger partial charge in [0, 0.05) is 16.5 Å². The molecule has 0 aliphatic carbocycles. The minimum absolute atomic E-state index is 0.0784. The average molecular weight is 335 g/mol. The SMILES string of the molecule is CC.CCc1cc(N)cc2c(F)c(F)c(F)c(OC(O)(O)F)c12. The van der Waals surface area contributed by atoms with E-state index in [9.17, 15) is 17.6 Å². The van der Waals surface area contributed by atoms with E-state index in [2.05, 4.69) is 4.74 Å². The van der Waals surface area contributed by atoms with Crippen LogP contribution in [0.15, 0.2) is 12.1 Å². The molecule has 2 aromatic rings. The number of fused-ring (bicyclic) bond motifs is 1. The summed E-state index contributed by atoms with van der Waals surface area (Å²) in [6, 6.07) is 2.34. The summed E-state index contributed by atoms with van der Waals surface area (Å²) in [6.45, 7) is 5.61. The summed E-state index contributed by atoms with van der Waals surface area (Å²) in [4.78, 5) is 0. The molecule has 4 nitrogen and oxygen atoms in total. The smallest absolute Gasteiger partial charge is 0.409 e. The molecule has 0 heterocycles. The lowest BCUT2D eigenvalue weighted by Gasteiger charge is -2.18. The zero-order valence-corrected chi connectivity index (χ0v) is 12.8. The van der Waals surface area contributed by atoms with Crippen molar-refractivity contribution in [3.05, 3.63) is 35.1 Å². The van der Waals surface area contributed by atoms with Crippen molar-refractivity contribution >= 4 is 16.5 Å². The van der Waals surface area contributed by atoms with Gasteiger partial charge >= 0.3 is 6.23 Å². The second kappa shape index (κ2) is 7.01. The molecule has 0 aliphatic rings. The van der Waals surface area contributed by atoms with E-state index < -0.39 is 34.8 Å². The molecule has 8 heteroatoms. The number of hydrogen-bond acceptors (Lipinski definition) is 4. The lowest BCUT2D eigenvalue weighted by molar-refractivity contribution is -0.375. The van der Waals surface area contributed by atoms with Crippen LogP contribution < -0.4 is 10.5 Å². The fraction of sp³-hybridized carbons (Fsp3) is 0.333. The van der Waals surface area contributed by atoms with Crippen molar-refractivity contribution < 1.29 is 32.5 Å². The van der Waals surface area contributed by atoms with Crippen molar-refractivity contribution in [2.45, 2.75) is 33.4 Å². The molecule has 0 aromatic heterocycles. The van der Waals surface area contributed by atoms with Gasteiger partial charge in [0.15, 0.2) is 17.4 Å². The van der Waals surface area contributed by atoms with Gasteiger partial charge in [-0.25, -0.2) is 8.78 Å². The molecule has 0 unspecified atom stereocenters. The van der Waals surface area contributed by atoms with Crippen LogP contribution in [-0.4, -0.2) is 16.4 Å². The van der Waals surface area contributed by atoms with E-state index in [1.807, 2.05) is 13.8 Å². The predicted octanol–water partition coefficient (Wildman–Crippen LogP) is 3.37. The van der Waals surface area contributed by atoms with Crippen molar-refractivity contribution in [2.24, 2.45) is 0 Å². The van der Waals surface area contributed by atoms with E-state index >= 15 is 0 Å². The third-order valence-electron chi connectivity index (χ3n) is 2.90. The molecule has 4 N–H and O–H groups in total. The van der Waals surface area contributed by atoms with Crippen molar-refractivity contribution in [3.63, 3.8) is 0 Å². The van der Waals surface area contributed by atoms with Crippen LogP contribution in [0.2, 0.25) is 0 Å². The Balaban J connectivity index is 0.00000127. The normalized spacial score (nSPS) is 11.2. The Morgan fingerprint density at radius 2 is 1.65 bits per heavy atom. The molecule has 0 atom stereocenters. The maximum atomic E-state index is 13.8. The van der Waals surface area contributed by atoms with Crippen molar-refractivity contribution in [1.82, 2.24) is 0 Å². The van der Waals surface area contributed by atoms with Crippen LogP contribution in [0.4, 0.5) is 23.2 Å². The summed E-state index contributed by atoms with van der Waals surface area (Å²) in [5.41, 5.74) is 5.84. The number of anilines is 1. The number of benzene rings is 2. The minimum Gasteiger partial charge on any atom is -0.409 e. The molecule has 128 valence electrons. The van der Waals surface area contributed by atoms with Crippen LogP contribution in [0.1, 0.15) is 26.3 Å². The molecule has 2 aromatic carbocycles. The van der Waals surface area contributed by atoms with Crippen LogP contribution in [0, 0.1) is 17.5 Å². The van der Waals surface area contributed by atoms with Gasteiger partial charge in [-0.1, -0.05) is 20.8 Å². The van der Waals surface area contributed by atoms with E-state index in [4.69, 9.17) is 15.9 Å². The lowest BCUT2D eigenvalue weighted by atomic mass is 9.99. The van der Waals surface area contributed by atoms with E-state index in [1.165, 1.54) is 6.07 Å². The van der Waals surface area contributed by atoms with Gasteiger partial charge in [-0.05, 0) is 24.1 Å². The van der Waals surface area contributed by atoms with Gasteiger partial charge in [0.25, 0.3) is 0 Å². The summed E-state index contributed by atoms with van der Waals surface area (Å²) in [7, 11) is 0. The topological polar surface area (TPSA) is 75.7 Å². The number of aryl methyl sites for hydroxylation is 1. The third kappa shape index (κ3) is 3.83. The number of nitrogen functional groups attached to an aromatic ring is 1. The molecule has 0 fully saturated rings. The van der Waals surface area contributed by atoms with Crippen LogP contribution >= 0.6 is 0 Å². The first-order chi connectivity index (χ1) is 10.7. The summed E-state index contributed by atoms with van der Waals surface area (Å²) in [5.74, 6) is -6.48. The van der Waals surface area contributed by atoms with Gasteiger partial charge in [0.1, 0.15) is 0 Å². The quantitative estimate of drug-likeness (QED) is 0.348. The standard InChI is InChI=1S/C13H11F4NO3.C2H6/c1-2-5-3-6(18)4-7-8(5)12(21-13(17,19)20)11(16)10(15)9(7)14;1-2/h3-4,19-20H,2,18H2,1H3;1-2H3. The summed E-state index contributed by atoms with van der Waals surface area (Å²) in [5, 5.41) is 16.4. The fourth-order valence-corrected chi connectivity index (χ4v) is 2.10. The maximum Gasteiger partial charge on any atom is 0.492 e. The third-order valence-corrected chi connectivity index (χ3v) is 2.90. The van der Waals surface area contributed by atoms with E-state index in [0.29, 0.717) is 0 Å². The minimum atomic E-state index is -4.25. The Morgan fingerprint density at radius 3 is 2.13 bits per heavy atom. The summed E-state index contributed by atoms with van der Waals surface area (Å²) < 4.78 is 57.9. The number of alkyl halides is 1. The van der Waals surface area contributed by atoms with Crippen LogP contribution in [-0.2, 0) is 6.42 Å². The number of nitrogens with two attached hydrogens (primary N) is 1. The van der Waals surface area contributed by atoms with Crippen molar-refractivity contribution in [3.8, 4) is 5.75 Å². The molecule has 2 rings (SSSR count). The van der Waals surface area contributed by atoms with Gasteiger partial charge < -0.3 is 20.7 Å². The Labute approximate surface area is 130 Å². The molecule has 0 bridgehead atoms. The zero-order valence-electron chi connectivity index (χ0n) is 12.8. The first-order valence-electron chi connectivity index (χ1n) is 6.87. The van der Waals surface area contributed by atoms with Gasteiger partial charge in [0.2, 0.25) is 5.82 Å². The Bertz CT molecular complexity index is 714. The highest BCUT2D eigenvalue weighted by Gasteiger charge is 2.31. The fourth-order valence-electron chi connectivity index (χ4n) is 2.10. The lowest BCUT2D eigenvalue weighted by Crippen LogP contribution is -2.30. The van der Waals surface area contributed by atoms with Gasteiger partial charge in [0.05, 0.1) is 0 Å². The second-order valence-corrected chi connectivity index (χ2v) is 4.36. The van der Waals surface area contributed by atoms with Crippen molar-refractivity contribution in [1.29, 1.82) is 0 Å². The maximum absolute atomic E-state index is 13.8. The van der Waals surface area contributed by atoms with Gasteiger partial charge in [-0.15, -0.1) is 4.39 Å². The molecule has 0 spiro atoms. The highest BCUT2D eigenvalue weighted by atomic mass is 19.2. The van der Waals surface area contributed by atoms with Crippen LogP contribution in [0.3, 0.4) is 0 Å². The molecule has 23 heavy (non-hydrogen) atoms. The number of halogens is 4. The number of ether oxygens (including phenoxy) is 1. The molecular formula is C15H17F4NO3. The van der Waals surface area contributed by atoms with Crippen LogP contribution in [0.5, 0.6) is 5.75 Å². The van der Waals surface area contributed by atoms with Gasteiger partial charge in [-0.2, -0.15) is 4.39 Å². The summed E-state index contributed by atoms with van der Waals surface area (Å²) in [6.07, 6.45) is -4.04. The average Bonchev–Trinajstić information content (AvgIpc) is 2.49. The van der Waals surface area contributed by atoms with Crippen LogP contribution in [0.25, 0.3) is 10.8 Å². The first-order valence-corrected chi connectivity index (χ1v) is 6.87. The Morgan fingerprint density at radius 1 is 1.09 bits per heavy atom.